The summed E-state index contributed by atoms with van der Waals surface area (Å²) in [5.74, 6) is -2.18. The third-order valence-electron chi connectivity index (χ3n) is 7.91. The maximum Gasteiger partial charge on any atom is 0.196 e. The lowest BCUT2D eigenvalue weighted by Gasteiger charge is -2.13. The van der Waals surface area contributed by atoms with E-state index < -0.39 is 29.3 Å². The summed E-state index contributed by atoms with van der Waals surface area (Å²) in [6.07, 6.45) is 2.56. The van der Waals surface area contributed by atoms with Gasteiger partial charge in [-0.1, -0.05) is 96.2 Å². The lowest BCUT2D eigenvalue weighted by molar-refractivity contribution is 0.103. The molecule has 6 aromatic rings. The number of carbonyl (C=O) groups is 1. The van der Waals surface area contributed by atoms with Crippen molar-refractivity contribution in [2.45, 2.75) is 18.9 Å². The van der Waals surface area contributed by atoms with E-state index >= 15 is 0 Å². The van der Waals surface area contributed by atoms with Gasteiger partial charge in [-0.25, -0.2) is 13.2 Å². The number of nitrogens with two attached hydrogens (primary N) is 1. The molecule has 1 heterocycles. The first-order chi connectivity index (χ1) is 26.1. The highest BCUT2D eigenvalue weighted by Crippen LogP contribution is 2.28. The number of ether oxygens (including phenoxy) is 1. The fourth-order valence-corrected chi connectivity index (χ4v) is 5.12. The number of halogens is 3. The number of aromatic hydroxyl groups is 3. The van der Waals surface area contributed by atoms with Crippen LogP contribution in [0.4, 0.5) is 13.2 Å². The van der Waals surface area contributed by atoms with E-state index in [9.17, 15) is 33.3 Å². The summed E-state index contributed by atoms with van der Waals surface area (Å²) in [5, 5.41) is 40.9. The van der Waals surface area contributed by atoms with Gasteiger partial charge in [0.1, 0.15) is 40.4 Å². The number of oxime groups is 1. The Morgan fingerprint density at radius 3 is 1.54 bits per heavy atom. The van der Waals surface area contributed by atoms with Gasteiger partial charge >= 0.3 is 0 Å². The average Bonchev–Trinajstić information content (AvgIpc) is 3.80. The normalized spacial score (nSPS) is 12.5. The predicted octanol–water partition coefficient (Wildman–Crippen LogP) is 8.90. The Morgan fingerprint density at radius 1 is 0.593 bits per heavy atom. The molecule has 1 aliphatic heterocycles. The van der Waals surface area contributed by atoms with Crippen LogP contribution in [0.3, 0.4) is 0 Å². The van der Waals surface area contributed by atoms with Crippen molar-refractivity contribution >= 4 is 11.5 Å². The molecule has 6 aromatic carbocycles. The number of rotatable bonds is 6. The molecular weight excluding hydrogens is 697 g/mol. The van der Waals surface area contributed by atoms with E-state index in [0.717, 1.165) is 43.0 Å². The summed E-state index contributed by atoms with van der Waals surface area (Å²) in [7, 11) is 0. The zero-order valence-corrected chi connectivity index (χ0v) is 29.0. The molecule has 1 aliphatic rings. The van der Waals surface area contributed by atoms with Crippen LogP contribution in [0, 0.1) is 17.5 Å². The van der Waals surface area contributed by atoms with Crippen molar-refractivity contribution in [3.05, 3.63) is 196 Å². The zero-order valence-electron chi connectivity index (χ0n) is 29.0. The number of nitrogens with zero attached hydrogens (tertiary/aromatic N) is 1. The number of phenols is 3. The highest BCUT2D eigenvalue weighted by atomic mass is 19.1. The van der Waals surface area contributed by atoms with Crippen molar-refractivity contribution in [2.75, 3.05) is 13.2 Å². The topological polar surface area (TPSA) is 146 Å². The minimum atomic E-state index is -0.544. The molecule has 0 amide bonds. The Labute approximate surface area is 310 Å². The molecule has 11 heteroatoms. The maximum absolute atomic E-state index is 13.1. The number of phenolic OH excluding ortho intramolecular Hbond substituents is 3. The highest BCUT2D eigenvalue weighted by Gasteiger charge is 2.15. The largest absolute Gasteiger partial charge is 0.508 e. The summed E-state index contributed by atoms with van der Waals surface area (Å²) in [6, 6.07) is 36.5. The SMILES string of the molecule is C1CCOC1.NC(c1ccccc1)c1cc(F)ccc1O.O=C(c1ccccc1)c1cc(F)ccc1O.ON=C(c1ccccc1)c1cc(F)ccc1O. The molecule has 6 N–H and O–H groups in total. The lowest BCUT2D eigenvalue weighted by Crippen LogP contribution is -2.12. The van der Waals surface area contributed by atoms with E-state index in [1.54, 1.807) is 54.6 Å². The molecule has 1 saturated heterocycles. The van der Waals surface area contributed by atoms with Gasteiger partial charge in [0, 0.05) is 35.5 Å². The first-order valence-electron chi connectivity index (χ1n) is 16.8. The van der Waals surface area contributed by atoms with Crippen LogP contribution in [0.25, 0.3) is 0 Å². The van der Waals surface area contributed by atoms with Gasteiger partial charge in [0.2, 0.25) is 0 Å². The average molecular weight is 737 g/mol. The third kappa shape index (κ3) is 11.8. The summed E-state index contributed by atoms with van der Waals surface area (Å²) >= 11 is 0. The highest BCUT2D eigenvalue weighted by molar-refractivity contribution is 6.14. The van der Waals surface area contributed by atoms with E-state index in [-0.39, 0.29) is 34.1 Å². The zero-order chi connectivity index (χ0) is 38.9. The van der Waals surface area contributed by atoms with Crippen molar-refractivity contribution in [2.24, 2.45) is 10.9 Å². The van der Waals surface area contributed by atoms with Crippen LogP contribution in [-0.4, -0.2) is 45.2 Å². The van der Waals surface area contributed by atoms with Crippen molar-refractivity contribution in [1.29, 1.82) is 0 Å². The predicted molar refractivity (Wildman–Crippen MR) is 200 cm³/mol. The molecule has 1 unspecified atom stereocenters. The number of benzene rings is 6. The summed E-state index contributed by atoms with van der Waals surface area (Å²) in [6.45, 7) is 2.00. The van der Waals surface area contributed by atoms with Crippen LogP contribution in [0.1, 0.15) is 57.1 Å². The van der Waals surface area contributed by atoms with Crippen molar-refractivity contribution in [1.82, 2.24) is 0 Å². The van der Waals surface area contributed by atoms with Gasteiger partial charge in [-0.2, -0.15) is 0 Å². The molecule has 1 fully saturated rings. The first kappa shape index (κ1) is 40.3. The van der Waals surface area contributed by atoms with Gasteiger partial charge < -0.3 is 31.0 Å². The number of ketones is 1. The van der Waals surface area contributed by atoms with Gasteiger partial charge in [-0.3, -0.25) is 4.79 Å². The van der Waals surface area contributed by atoms with E-state index in [1.807, 2.05) is 36.4 Å². The molecule has 8 nitrogen and oxygen atoms in total. The molecule has 1 atom stereocenters. The second-order valence-electron chi connectivity index (χ2n) is 11.7. The fraction of sp³-hybridized carbons (Fsp3) is 0.116. The monoisotopic (exact) mass is 736 g/mol. The van der Waals surface area contributed by atoms with E-state index in [0.29, 0.717) is 16.7 Å². The van der Waals surface area contributed by atoms with Gasteiger partial charge in [0.05, 0.1) is 11.6 Å². The van der Waals surface area contributed by atoms with Crippen LogP contribution in [0.2, 0.25) is 0 Å². The Morgan fingerprint density at radius 2 is 1.04 bits per heavy atom. The lowest BCUT2D eigenvalue weighted by atomic mass is 9.99. The third-order valence-corrected chi connectivity index (χ3v) is 7.91. The second kappa shape index (κ2) is 20.6. The molecule has 278 valence electrons. The first-order valence-corrected chi connectivity index (χ1v) is 16.8. The Hall–Kier alpha value is -6.43. The van der Waals surface area contributed by atoms with Gasteiger partial charge in [-0.05, 0) is 73.0 Å². The fourth-order valence-electron chi connectivity index (χ4n) is 5.12. The minimum absolute atomic E-state index is 0.0118. The molecular formula is C43H39F3N2O6. The smallest absolute Gasteiger partial charge is 0.196 e. The van der Waals surface area contributed by atoms with Crippen LogP contribution in [-0.2, 0) is 4.74 Å². The van der Waals surface area contributed by atoms with Crippen LogP contribution in [0.15, 0.2) is 151 Å². The number of hydrogen-bond donors (Lipinski definition) is 5. The van der Waals surface area contributed by atoms with Crippen molar-refractivity contribution in [3.8, 4) is 17.2 Å². The molecule has 54 heavy (non-hydrogen) atoms. The van der Waals surface area contributed by atoms with Crippen molar-refractivity contribution < 1.29 is 43.2 Å². The van der Waals surface area contributed by atoms with Crippen LogP contribution >= 0.6 is 0 Å². The summed E-state index contributed by atoms with van der Waals surface area (Å²) < 4.78 is 44.1. The Kier molecular flexibility index (Phi) is 15.4. The second-order valence-corrected chi connectivity index (χ2v) is 11.7. The summed E-state index contributed by atoms with van der Waals surface area (Å²) in [5.41, 5.74) is 8.46. The summed E-state index contributed by atoms with van der Waals surface area (Å²) in [4.78, 5) is 11.9. The van der Waals surface area contributed by atoms with E-state index in [4.69, 9.17) is 15.7 Å². The van der Waals surface area contributed by atoms with E-state index in [2.05, 4.69) is 5.16 Å². The molecule has 7 rings (SSSR count). The standard InChI is InChI=1S/C13H10FNO2.C13H12FNO.C13H9FO2.C4H8O/c14-10-6-7-12(16)11(8-10)13(15-17)9-4-2-1-3-5-9;14-10-6-7-12(16)11(8-10)13(15)9-4-2-1-3-5-9;14-10-6-7-12(15)11(8-10)13(16)9-4-2-1-3-5-9;1-2-4-5-3-1/h1-8,16-17H;1-8,13,16H,15H2;1-8,15H;1-4H2. The van der Waals surface area contributed by atoms with Crippen LogP contribution < -0.4 is 5.73 Å². The molecule has 0 spiro atoms. The maximum atomic E-state index is 13.1. The van der Waals surface area contributed by atoms with E-state index in [1.165, 1.54) is 43.2 Å². The Bertz CT molecular complexity index is 2110. The van der Waals surface area contributed by atoms with Gasteiger partial charge in [0.15, 0.2) is 5.78 Å². The van der Waals surface area contributed by atoms with Crippen LogP contribution in [0.5, 0.6) is 17.2 Å². The van der Waals surface area contributed by atoms with Gasteiger partial charge in [0.25, 0.3) is 0 Å². The number of carbonyl (C=O) groups excluding carboxylic acids is 1. The molecule has 0 saturated carbocycles. The Balaban J connectivity index is 0.000000169. The molecule has 0 aromatic heterocycles. The van der Waals surface area contributed by atoms with Gasteiger partial charge in [-0.15, -0.1) is 0 Å². The number of hydrogen-bond acceptors (Lipinski definition) is 8. The molecule has 0 aliphatic carbocycles. The van der Waals surface area contributed by atoms with Crippen molar-refractivity contribution in [3.63, 3.8) is 0 Å². The molecule has 0 bridgehead atoms. The minimum Gasteiger partial charge on any atom is -0.508 e. The molecule has 0 radical (unpaired) electrons. The quantitative estimate of drug-likeness (QED) is 0.0497.